The van der Waals surface area contributed by atoms with E-state index >= 15 is 0 Å². The van der Waals surface area contributed by atoms with Crippen LogP contribution in [0.3, 0.4) is 0 Å². The molecule has 0 saturated carbocycles. The van der Waals surface area contributed by atoms with Crippen LogP contribution in [0.5, 0.6) is 0 Å². The number of carbonyl (C=O) groups excluding carboxylic acids is 3. The van der Waals surface area contributed by atoms with E-state index in [9.17, 15) is 14.4 Å². The molecule has 0 spiro atoms. The molecule has 0 aliphatic carbocycles. The Kier molecular flexibility index (Phi) is 5.49. The summed E-state index contributed by atoms with van der Waals surface area (Å²) in [5.41, 5.74) is 3.14. The number of nitrogens with zero attached hydrogens (tertiary/aromatic N) is 3. The first-order chi connectivity index (χ1) is 13.4. The fourth-order valence-electron chi connectivity index (χ4n) is 3.04. The highest BCUT2D eigenvalue weighted by Gasteiger charge is 2.21. The van der Waals surface area contributed by atoms with E-state index in [1.807, 2.05) is 55.5 Å². The number of carbonyl (C=O) groups is 3. The van der Waals surface area contributed by atoms with Crippen LogP contribution in [0.4, 0.5) is 0 Å². The summed E-state index contributed by atoms with van der Waals surface area (Å²) in [5.74, 6) is -1.18. The van der Waals surface area contributed by atoms with Crippen molar-refractivity contribution < 1.29 is 14.4 Å². The van der Waals surface area contributed by atoms with Gasteiger partial charge in [0, 0.05) is 24.9 Å². The molecule has 1 heterocycles. The minimum atomic E-state index is -0.499. The van der Waals surface area contributed by atoms with E-state index < -0.39 is 11.8 Å². The van der Waals surface area contributed by atoms with Gasteiger partial charge >= 0.3 is 0 Å². The highest BCUT2D eigenvalue weighted by molar-refractivity contribution is 5.98. The molecule has 2 amide bonds. The van der Waals surface area contributed by atoms with Gasteiger partial charge in [0.1, 0.15) is 0 Å². The van der Waals surface area contributed by atoms with Gasteiger partial charge in [0.15, 0.2) is 0 Å². The van der Waals surface area contributed by atoms with E-state index in [2.05, 4.69) is 5.10 Å². The van der Waals surface area contributed by atoms with Crippen molar-refractivity contribution in [3.05, 3.63) is 71.4 Å². The van der Waals surface area contributed by atoms with Crippen LogP contribution in [0.2, 0.25) is 0 Å². The van der Waals surface area contributed by atoms with E-state index in [0.717, 1.165) is 27.0 Å². The third-order valence-electron chi connectivity index (χ3n) is 4.37. The third kappa shape index (κ3) is 4.06. The minimum Gasteiger partial charge on any atom is -0.284 e. The number of para-hydroxylation sites is 1. The van der Waals surface area contributed by atoms with Crippen molar-refractivity contribution in [2.75, 3.05) is 0 Å². The fourth-order valence-corrected chi connectivity index (χ4v) is 3.04. The highest BCUT2D eigenvalue weighted by atomic mass is 16.2. The van der Waals surface area contributed by atoms with Crippen molar-refractivity contribution in [2.45, 2.75) is 27.2 Å². The Labute approximate surface area is 163 Å². The van der Waals surface area contributed by atoms with Crippen molar-refractivity contribution in [3.63, 3.8) is 0 Å². The Bertz CT molecular complexity index is 1080. The standard InChI is InChI=1S/C22H21N3O3/c1-15-8-10-18(11-9-15)14-23-25(17(3)27)22(28)13-20-12-19-6-4-5-7-21(19)24(20)16(2)26/h4-12,14H,13H2,1-3H3/b23-14-. The molecule has 28 heavy (non-hydrogen) atoms. The summed E-state index contributed by atoms with van der Waals surface area (Å²) in [5, 5.41) is 5.76. The molecule has 0 aliphatic rings. The van der Waals surface area contributed by atoms with Crippen LogP contribution >= 0.6 is 0 Å². The second kappa shape index (κ2) is 8.00. The second-order valence-electron chi connectivity index (χ2n) is 6.61. The number of aryl methyl sites for hydroxylation is 1. The Hall–Kier alpha value is -3.54. The molecule has 0 N–H and O–H groups in total. The maximum atomic E-state index is 12.7. The summed E-state index contributed by atoms with van der Waals surface area (Å²) in [7, 11) is 0. The van der Waals surface area contributed by atoms with E-state index in [4.69, 9.17) is 0 Å². The van der Waals surface area contributed by atoms with Crippen LogP contribution < -0.4 is 0 Å². The number of imide groups is 1. The number of hydrazone groups is 1. The average molecular weight is 375 g/mol. The maximum Gasteiger partial charge on any atom is 0.255 e. The van der Waals surface area contributed by atoms with Crippen molar-refractivity contribution in [1.82, 2.24) is 9.58 Å². The van der Waals surface area contributed by atoms with Crippen molar-refractivity contribution in [1.29, 1.82) is 0 Å². The molecule has 0 radical (unpaired) electrons. The van der Waals surface area contributed by atoms with Crippen molar-refractivity contribution in [3.8, 4) is 0 Å². The summed E-state index contributed by atoms with van der Waals surface area (Å²) in [6, 6.07) is 16.7. The summed E-state index contributed by atoms with van der Waals surface area (Å²) < 4.78 is 1.50. The fraction of sp³-hybridized carbons (Fsp3) is 0.182. The summed E-state index contributed by atoms with van der Waals surface area (Å²) >= 11 is 0. The van der Waals surface area contributed by atoms with Crippen molar-refractivity contribution >= 4 is 34.8 Å². The molecule has 0 fully saturated rings. The number of aromatic nitrogens is 1. The molecule has 3 aromatic rings. The van der Waals surface area contributed by atoms with Gasteiger partial charge in [0.25, 0.3) is 5.91 Å². The van der Waals surface area contributed by atoms with Crippen LogP contribution in [-0.4, -0.2) is 33.5 Å². The van der Waals surface area contributed by atoms with Crippen molar-refractivity contribution in [2.24, 2.45) is 5.10 Å². The molecule has 2 aromatic carbocycles. The molecule has 142 valence electrons. The lowest BCUT2D eigenvalue weighted by Gasteiger charge is -2.14. The highest BCUT2D eigenvalue weighted by Crippen LogP contribution is 2.20. The smallest absolute Gasteiger partial charge is 0.255 e. The zero-order valence-electron chi connectivity index (χ0n) is 16.0. The number of hydrogen-bond acceptors (Lipinski definition) is 4. The lowest BCUT2D eigenvalue weighted by atomic mass is 10.2. The Morgan fingerprint density at radius 2 is 1.71 bits per heavy atom. The first-order valence-corrected chi connectivity index (χ1v) is 8.91. The molecule has 0 saturated heterocycles. The van der Waals surface area contributed by atoms with Gasteiger partial charge in [-0.05, 0) is 24.6 Å². The average Bonchev–Trinajstić information content (AvgIpc) is 3.01. The maximum absolute atomic E-state index is 12.7. The Morgan fingerprint density at radius 1 is 1.04 bits per heavy atom. The lowest BCUT2D eigenvalue weighted by Crippen LogP contribution is -2.32. The molecule has 3 rings (SSSR count). The van der Waals surface area contributed by atoms with Gasteiger partial charge < -0.3 is 0 Å². The predicted molar refractivity (Wildman–Crippen MR) is 108 cm³/mol. The summed E-state index contributed by atoms with van der Waals surface area (Å²) in [4.78, 5) is 36.8. The lowest BCUT2D eigenvalue weighted by molar-refractivity contribution is -0.143. The zero-order chi connectivity index (χ0) is 20.3. The molecule has 0 atom stereocenters. The number of fused-ring (bicyclic) bond motifs is 1. The third-order valence-corrected chi connectivity index (χ3v) is 4.37. The van der Waals surface area contributed by atoms with Gasteiger partial charge in [0.2, 0.25) is 11.8 Å². The van der Waals surface area contributed by atoms with Gasteiger partial charge in [-0.25, -0.2) is 0 Å². The van der Waals surface area contributed by atoms with E-state index in [1.54, 1.807) is 6.07 Å². The van der Waals surface area contributed by atoms with E-state index in [-0.39, 0.29) is 12.3 Å². The normalized spacial score (nSPS) is 11.1. The number of amides is 2. The Balaban J connectivity index is 1.88. The van der Waals surface area contributed by atoms with Gasteiger partial charge in [-0.3, -0.25) is 19.0 Å². The van der Waals surface area contributed by atoms with Gasteiger partial charge in [-0.1, -0.05) is 48.0 Å². The van der Waals surface area contributed by atoms with Crippen LogP contribution in [-0.2, 0) is 16.0 Å². The van der Waals surface area contributed by atoms with Crippen LogP contribution in [0, 0.1) is 6.92 Å². The van der Waals surface area contributed by atoms with Gasteiger partial charge in [-0.2, -0.15) is 10.1 Å². The number of hydrogen-bond donors (Lipinski definition) is 0. The van der Waals surface area contributed by atoms with Gasteiger partial charge in [-0.15, -0.1) is 0 Å². The number of benzene rings is 2. The molecule has 0 bridgehead atoms. The monoisotopic (exact) mass is 375 g/mol. The molecular weight excluding hydrogens is 354 g/mol. The van der Waals surface area contributed by atoms with E-state index in [1.165, 1.54) is 24.6 Å². The molecule has 0 aliphatic heterocycles. The zero-order valence-corrected chi connectivity index (χ0v) is 16.0. The molecule has 6 heteroatoms. The SMILES string of the molecule is CC(=O)N(/N=C\c1ccc(C)cc1)C(=O)Cc1cc2ccccc2n1C(C)=O. The van der Waals surface area contributed by atoms with Gasteiger partial charge in [0.05, 0.1) is 18.2 Å². The van der Waals surface area contributed by atoms with E-state index in [0.29, 0.717) is 5.69 Å². The summed E-state index contributed by atoms with van der Waals surface area (Å²) in [6.45, 7) is 4.70. The molecule has 0 unspecified atom stereocenters. The molecule has 6 nitrogen and oxygen atoms in total. The topological polar surface area (TPSA) is 71.7 Å². The quantitative estimate of drug-likeness (QED) is 0.517. The first-order valence-electron chi connectivity index (χ1n) is 8.91. The number of rotatable bonds is 4. The Morgan fingerprint density at radius 3 is 2.36 bits per heavy atom. The largest absolute Gasteiger partial charge is 0.284 e. The molecule has 1 aromatic heterocycles. The molecular formula is C22H21N3O3. The predicted octanol–water partition coefficient (Wildman–Crippen LogP) is 3.56. The van der Waals surface area contributed by atoms with Crippen LogP contribution in [0.1, 0.15) is 35.5 Å². The van der Waals surface area contributed by atoms with Crippen LogP contribution in [0.25, 0.3) is 10.9 Å². The first kappa shape index (κ1) is 19.2. The second-order valence-corrected chi connectivity index (χ2v) is 6.61. The minimum absolute atomic E-state index is 0.112. The summed E-state index contributed by atoms with van der Waals surface area (Å²) in [6.07, 6.45) is 1.36. The van der Waals surface area contributed by atoms with Crippen LogP contribution in [0.15, 0.2) is 59.7 Å².